The summed E-state index contributed by atoms with van der Waals surface area (Å²) in [6.45, 7) is -0.372. The van der Waals surface area contributed by atoms with Crippen molar-refractivity contribution in [1.82, 2.24) is 19.7 Å². The molecule has 12 heteroatoms. The Morgan fingerprint density at radius 1 is 1.03 bits per heavy atom. The molecular weight excluding hydrogens is 444 g/mol. The number of nitrogens with one attached hydrogen (secondary N) is 2. The molecule has 3 aromatic rings. The maximum Gasteiger partial charge on any atom is 0.307 e. The van der Waals surface area contributed by atoms with Crippen molar-refractivity contribution in [3.05, 3.63) is 65.4 Å². The van der Waals surface area contributed by atoms with Crippen molar-refractivity contribution in [2.75, 3.05) is 17.6 Å². The molecule has 31 heavy (non-hydrogen) atoms. The molecule has 0 aliphatic rings. The average Bonchev–Trinajstić information content (AvgIpc) is 2.73. The SMILES string of the molecule is Nc1nc(COC(=O)CCNS(=O)(=O)c2ccc(Cl)cc2)nc(Nc2ccccc2)n1. The van der Waals surface area contributed by atoms with Gasteiger partial charge in [-0.15, -0.1) is 0 Å². The van der Waals surface area contributed by atoms with Crippen LogP contribution in [-0.4, -0.2) is 35.9 Å². The predicted molar refractivity (Wildman–Crippen MR) is 115 cm³/mol. The topological polar surface area (TPSA) is 149 Å². The van der Waals surface area contributed by atoms with Gasteiger partial charge in [0, 0.05) is 17.3 Å². The number of anilines is 3. The van der Waals surface area contributed by atoms with E-state index in [0.29, 0.717) is 5.02 Å². The van der Waals surface area contributed by atoms with E-state index in [-0.39, 0.29) is 42.2 Å². The molecule has 3 rings (SSSR count). The van der Waals surface area contributed by atoms with Crippen molar-refractivity contribution in [3.8, 4) is 0 Å². The molecule has 0 atom stereocenters. The van der Waals surface area contributed by atoms with E-state index in [1.54, 1.807) is 0 Å². The Hall–Kier alpha value is -3.28. The molecule has 0 aliphatic heterocycles. The minimum atomic E-state index is -3.75. The third-order valence-corrected chi connectivity index (χ3v) is 5.57. The Kier molecular flexibility index (Phi) is 7.34. The lowest BCUT2D eigenvalue weighted by Gasteiger charge is -2.09. The van der Waals surface area contributed by atoms with E-state index in [4.69, 9.17) is 22.1 Å². The van der Waals surface area contributed by atoms with Crippen molar-refractivity contribution in [2.24, 2.45) is 0 Å². The Bertz CT molecular complexity index is 1140. The molecule has 0 amide bonds. The lowest BCUT2D eigenvalue weighted by molar-refractivity contribution is -0.145. The molecule has 1 heterocycles. The van der Waals surface area contributed by atoms with Crippen molar-refractivity contribution < 1.29 is 17.9 Å². The van der Waals surface area contributed by atoms with Crippen LogP contribution in [0.15, 0.2) is 59.5 Å². The minimum absolute atomic E-state index is 0.0322. The van der Waals surface area contributed by atoms with Gasteiger partial charge in [-0.05, 0) is 36.4 Å². The number of hydrogen-bond donors (Lipinski definition) is 3. The van der Waals surface area contributed by atoms with Gasteiger partial charge < -0.3 is 15.8 Å². The highest BCUT2D eigenvalue weighted by Crippen LogP contribution is 2.14. The molecule has 0 fully saturated rings. The lowest BCUT2D eigenvalue weighted by atomic mass is 10.3. The van der Waals surface area contributed by atoms with Crippen LogP contribution < -0.4 is 15.8 Å². The van der Waals surface area contributed by atoms with Crippen molar-refractivity contribution in [2.45, 2.75) is 17.9 Å². The summed E-state index contributed by atoms with van der Waals surface area (Å²) in [6.07, 6.45) is -0.178. The van der Waals surface area contributed by atoms with Gasteiger partial charge in [0.2, 0.25) is 21.9 Å². The van der Waals surface area contributed by atoms with Crippen LogP contribution in [-0.2, 0) is 26.2 Å². The molecule has 2 aromatic carbocycles. The van der Waals surface area contributed by atoms with E-state index in [1.165, 1.54) is 24.3 Å². The fourth-order valence-electron chi connectivity index (χ4n) is 2.41. The van der Waals surface area contributed by atoms with E-state index >= 15 is 0 Å². The normalized spacial score (nSPS) is 11.1. The standard InChI is InChI=1S/C19H19ClN6O4S/c20-13-6-8-15(9-7-13)31(28,29)22-11-10-17(27)30-12-16-24-18(21)26-19(25-16)23-14-4-2-1-3-5-14/h1-9,22H,10-12H2,(H3,21,23,24,25,26). The molecule has 0 aliphatic carbocycles. The second kappa shape index (κ2) is 10.2. The van der Waals surface area contributed by atoms with E-state index in [0.717, 1.165) is 5.69 Å². The summed E-state index contributed by atoms with van der Waals surface area (Å²) in [5, 5.41) is 3.40. The Balaban J connectivity index is 1.49. The number of benzene rings is 2. The summed E-state index contributed by atoms with van der Waals surface area (Å²) in [5.74, 6) is -0.299. The summed E-state index contributed by atoms with van der Waals surface area (Å²) in [6, 6.07) is 14.9. The van der Waals surface area contributed by atoms with Crippen LogP contribution in [0.4, 0.5) is 17.6 Å². The van der Waals surface area contributed by atoms with Crippen molar-refractivity contribution >= 4 is 45.2 Å². The molecule has 0 bridgehead atoms. The largest absolute Gasteiger partial charge is 0.457 e. The number of ether oxygens (including phenoxy) is 1. The third kappa shape index (κ3) is 6.88. The number of halogens is 1. The summed E-state index contributed by atoms with van der Waals surface area (Å²) >= 11 is 5.75. The second-order valence-electron chi connectivity index (χ2n) is 6.19. The summed E-state index contributed by atoms with van der Waals surface area (Å²) in [5.41, 5.74) is 6.44. The molecular formula is C19H19ClN6O4S. The Morgan fingerprint density at radius 3 is 2.45 bits per heavy atom. The number of sulfonamides is 1. The zero-order valence-electron chi connectivity index (χ0n) is 16.2. The smallest absolute Gasteiger partial charge is 0.307 e. The number of rotatable bonds is 9. The Labute approximate surface area is 183 Å². The van der Waals surface area contributed by atoms with Crippen LogP contribution in [0.5, 0.6) is 0 Å². The maximum absolute atomic E-state index is 12.2. The van der Waals surface area contributed by atoms with Crippen LogP contribution in [0.3, 0.4) is 0 Å². The quantitative estimate of drug-likeness (QED) is 0.407. The Morgan fingerprint density at radius 2 is 1.74 bits per heavy atom. The predicted octanol–water partition coefficient (Wildman–Crippen LogP) is 2.26. The molecule has 0 radical (unpaired) electrons. The number of nitrogens with zero attached hydrogens (tertiary/aromatic N) is 3. The van der Waals surface area contributed by atoms with E-state index in [2.05, 4.69) is 25.0 Å². The zero-order valence-corrected chi connectivity index (χ0v) is 17.7. The van der Waals surface area contributed by atoms with Gasteiger partial charge in [-0.2, -0.15) is 15.0 Å². The molecule has 1 aromatic heterocycles. The second-order valence-corrected chi connectivity index (χ2v) is 8.39. The van der Waals surface area contributed by atoms with Gasteiger partial charge in [-0.25, -0.2) is 13.1 Å². The molecule has 10 nitrogen and oxygen atoms in total. The molecule has 0 saturated carbocycles. The third-order valence-electron chi connectivity index (χ3n) is 3.84. The van der Waals surface area contributed by atoms with Crippen LogP contribution in [0, 0.1) is 0 Å². The molecule has 0 saturated heterocycles. The van der Waals surface area contributed by atoms with E-state index in [1.807, 2.05) is 30.3 Å². The monoisotopic (exact) mass is 462 g/mol. The fraction of sp³-hybridized carbons (Fsp3) is 0.158. The van der Waals surface area contributed by atoms with Gasteiger partial charge in [0.1, 0.15) is 0 Å². The number of carbonyl (C=O) groups is 1. The first-order valence-electron chi connectivity index (χ1n) is 9.05. The number of aromatic nitrogens is 3. The average molecular weight is 463 g/mol. The number of hydrogen-bond acceptors (Lipinski definition) is 9. The molecule has 162 valence electrons. The maximum atomic E-state index is 12.2. The van der Waals surface area contributed by atoms with Crippen LogP contribution in [0.2, 0.25) is 5.02 Å². The van der Waals surface area contributed by atoms with Crippen molar-refractivity contribution in [1.29, 1.82) is 0 Å². The van der Waals surface area contributed by atoms with E-state index in [9.17, 15) is 13.2 Å². The first kappa shape index (κ1) is 22.4. The number of carbonyl (C=O) groups excluding carboxylic acids is 1. The van der Waals surface area contributed by atoms with Crippen LogP contribution in [0.25, 0.3) is 0 Å². The number of nitrogen functional groups attached to an aromatic ring is 1. The molecule has 0 spiro atoms. The summed E-state index contributed by atoms with van der Waals surface area (Å²) < 4.78 is 31.8. The first-order valence-corrected chi connectivity index (χ1v) is 10.9. The van der Waals surface area contributed by atoms with Crippen molar-refractivity contribution in [3.63, 3.8) is 0 Å². The van der Waals surface area contributed by atoms with Gasteiger partial charge in [0.15, 0.2) is 12.4 Å². The summed E-state index contributed by atoms with van der Waals surface area (Å²) in [7, 11) is -3.75. The highest BCUT2D eigenvalue weighted by molar-refractivity contribution is 7.89. The van der Waals surface area contributed by atoms with Gasteiger partial charge in [-0.3, -0.25) is 4.79 Å². The highest BCUT2D eigenvalue weighted by atomic mass is 35.5. The highest BCUT2D eigenvalue weighted by Gasteiger charge is 2.15. The molecule has 0 unspecified atom stereocenters. The number of nitrogens with two attached hydrogens (primary N) is 1. The minimum Gasteiger partial charge on any atom is -0.457 e. The van der Waals surface area contributed by atoms with Gasteiger partial charge in [-0.1, -0.05) is 29.8 Å². The van der Waals surface area contributed by atoms with Crippen LogP contribution >= 0.6 is 11.6 Å². The molecule has 4 N–H and O–H groups in total. The fourth-order valence-corrected chi connectivity index (χ4v) is 3.57. The first-order chi connectivity index (χ1) is 14.8. The van der Waals surface area contributed by atoms with Gasteiger partial charge in [0.25, 0.3) is 0 Å². The van der Waals surface area contributed by atoms with Gasteiger partial charge >= 0.3 is 5.97 Å². The number of para-hydroxylation sites is 1. The summed E-state index contributed by atoms with van der Waals surface area (Å²) in [4.78, 5) is 24.1. The van der Waals surface area contributed by atoms with E-state index < -0.39 is 16.0 Å². The number of esters is 1. The van der Waals surface area contributed by atoms with Crippen LogP contribution in [0.1, 0.15) is 12.2 Å². The van der Waals surface area contributed by atoms with Gasteiger partial charge in [0.05, 0.1) is 11.3 Å². The zero-order chi connectivity index (χ0) is 22.3. The lowest BCUT2D eigenvalue weighted by Crippen LogP contribution is -2.26.